The topological polar surface area (TPSA) is 32.3 Å². The minimum atomic E-state index is -0.105. The fourth-order valence-electron chi connectivity index (χ4n) is 2.77. The number of benzene rings is 1. The first-order chi connectivity index (χ1) is 9.49. The molecule has 1 aliphatic heterocycles. The van der Waals surface area contributed by atoms with Gasteiger partial charge in [0.25, 0.3) is 0 Å². The van der Waals surface area contributed by atoms with Crippen molar-refractivity contribution in [3.63, 3.8) is 0 Å². The lowest BCUT2D eigenvalue weighted by molar-refractivity contribution is -0.121. The number of carbonyl (C=O) groups excluding carboxylic acids is 1. The average molecular weight is 295 g/mol. The van der Waals surface area contributed by atoms with Gasteiger partial charge >= 0.3 is 0 Å². The van der Waals surface area contributed by atoms with Crippen molar-refractivity contribution in [1.82, 2.24) is 4.90 Å². The second-order valence-corrected chi connectivity index (χ2v) is 6.11. The van der Waals surface area contributed by atoms with Crippen LogP contribution in [0.4, 0.5) is 5.69 Å². The van der Waals surface area contributed by atoms with Crippen molar-refractivity contribution in [1.29, 1.82) is 0 Å². The fourth-order valence-corrected chi connectivity index (χ4v) is 3.14. The highest BCUT2D eigenvalue weighted by Crippen LogP contribution is 2.27. The lowest BCUT2D eigenvalue weighted by atomic mass is 10.1. The molecule has 1 heterocycles. The number of carbonyl (C=O) groups is 1. The third kappa shape index (κ3) is 3.53. The predicted octanol–water partition coefficient (Wildman–Crippen LogP) is 3.77. The van der Waals surface area contributed by atoms with Crippen molar-refractivity contribution >= 4 is 23.2 Å². The van der Waals surface area contributed by atoms with E-state index in [4.69, 9.17) is 11.6 Å². The van der Waals surface area contributed by atoms with Crippen LogP contribution in [0.1, 0.15) is 37.3 Å². The van der Waals surface area contributed by atoms with E-state index < -0.39 is 0 Å². The van der Waals surface area contributed by atoms with E-state index >= 15 is 0 Å². The van der Waals surface area contributed by atoms with Gasteiger partial charge in [0.2, 0.25) is 5.91 Å². The Kier molecular flexibility index (Phi) is 5.06. The molecule has 110 valence electrons. The third-order valence-electron chi connectivity index (χ3n) is 4.00. The van der Waals surface area contributed by atoms with Crippen molar-refractivity contribution in [2.24, 2.45) is 0 Å². The van der Waals surface area contributed by atoms with Crippen molar-refractivity contribution < 1.29 is 4.79 Å². The zero-order chi connectivity index (χ0) is 14.7. The summed E-state index contributed by atoms with van der Waals surface area (Å²) < 4.78 is 0. The van der Waals surface area contributed by atoms with Crippen LogP contribution in [0.3, 0.4) is 0 Å². The standard InChI is InChI=1S/C16H23ClN2O/c1-11-9-12(2)15(14(17)10-11)18-16(20)13(3)19-7-5-4-6-8-19/h9-10,13H,4-8H2,1-3H3,(H,18,20). The van der Waals surface area contributed by atoms with Crippen LogP contribution >= 0.6 is 11.6 Å². The molecule has 1 atom stereocenters. The molecular formula is C16H23ClN2O. The molecule has 3 nitrogen and oxygen atoms in total. The van der Waals surface area contributed by atoms with Crippen LogP contribution in [0.2, 0.25) is 5.02 Å². The van der Waals surface area contributed by atoms with E-state index in [1.165, 1.54) is 19.3 Å². The number of nitrogens with zero attached hydrogens (tertiary/aromatic N) is 1. The van der Waals surface area contributed by atoms with E-state index in [0.29, 0.717) is 5.02 Å². The molecule has 0 bridgehead atoms. The van der Waals surface area contributed by atoms with Gasteiger partial charge in [-0.25, -0.2) is 0 Å². The van der Waals surface area contributed by atoms with Crippen molar-refractivity contribution in [2.75, 3.05) is 18.4 Å². The van der Waals surface area contributed by atoms with Crippen LogP contribution in [0.15, 0.2) is 12.1 Å². The van der Waals surface area contributed by atoms with Crippen molar-refractivity contribution in [2.45, 2.75) is 46.1 Å². The summed E-state index contributed by atoms with van der Waals surface area (Å²) in [6.45, 7) is 7.96. The summed E-state index contributed by atoms with van der Waals surface area (Å²) in [5, 5.41) is 3.60. The number of likely N-dealkylation sites (tertiary alicyclic amines) is 1. The maximum atomic E-state index is 12.4. The Morgan fingerprint density at radius 3 is 2.50 bits per heavy atom. The highest BCUT2D eigenvalue weighted by Gasteiger charge is 2.23. The second kappa shape index (κ2) is 6.59. The van der Waals surface area contributed by atoms with E-state index in [9.17, 15) is 4.79 Å². The molecule has 0 aliphatic carbocycles. The molecule has 1 fully saturated rings. The molecule has 1 saturated heterocycles. The number of anilines is 1. The molecule has 1 aromatic rings. The Labute approximate surface area is 126 Å². The maximum absolute atomic E-state index is 12.4. The Morgan fingerprint density at radius 2 is 1.90 bits per heavy atom. The van der Waals surface area contributed by atoms with Crippen LogP contribution in [0, 0.1) is 13.8 Å². The number of nitrogens with one attached hydrogen (secondary N) is 1. The Hall–Kier alpha value is -1.06. The highest BCUT2D eigenvalue weighted by molar-refractivity contribution is 6.34. The van der Waals surface area contributed by atoms with E-state index in [0.717, 1.165) is 29.9 Å². The molecule has 1 aromatic carbocycles. The zero-order valence-corrected chi connectivity index (χ0v) is 13.3. The molecule has 0 spiro atoms. The zero-order valence-electron chi connectivity index (χ0n) is 12.5. The molecule has 0 radical (unpaired) electrons. The summed E-state index contributed by atoms with van der Waals surface area (Å²) in [7, 11) is 0. The molecule has 0 saturated carbocycles. The molecule has 1 N–H and O–H groups in total. The van der Waals surface area contributed by atoms with Gasteiger partial charge < -0.3 is 5.32 Å². The molecule has 1 aliphatic rings. The lowest BCUT2D eigenvalue weighted by Crippen LogP contribution is -2.44. The molecule has 20 heavy (non-hydrogen) atoms. The van der Waals surface area contributed by atoms with Gasteiger partial charge in [0.15, 0.2) is 0 Å². The third-order valence-corrected chi connectivity index (χ3v) is 4.30. The number of amides is 1. The minimum Gasteiger partial charge on any atom is -0.323 e. The first-order valence-corrected chi connectivity index (χ1v) is 7.68. The largest absolute Gasteiger partial charge is 0.323 e. The normalized spacial score (nSPS) is 17.8. The average Bonchev–Trinajstić information content (AvgIpc) is 2.42. The number of halogens is 1. The van der Waals surface area contributed by atoms with Gasteiger partial charge in [-0.3, -0.25) is 9.69 Å². The van der Waals surface area contributed by atoms with E-state index in [2.05, 4.69) is 10.2 Å². The number of rotatable bonds is 3. The maximum Gasteiger partial charge on any atom is 0.241 e. The highest BCUT2D eigenvalue weighted by atomic mass is 35.5. The summed E-state index contributed by atoms with van der Waals surface area (Å²) >= 11 is 6.24. The van der Waals surface area contributed by atoms with Crippen molar-refractivity contribution in [3.8, 4) is 0 Å². The molecule has 2 rings (SSSR count). The van der Waals surface area contributed by atoms with Gasteiger partial charge in [-0.05, 0) is 63.9 Å². The molecule has 0 aromatic heterocycles. The van der Waals surface area contributed by atoms with Gasteiger partial charge in [0.05, 0.1) is 16.8 Å². The van der Waals surface area contributed by atoms with Crippen LogP contribution in [0.25, 0.3) is 0 Å². The minimum absolute atomic E-state index is 0.0285. The smallest absolute Gasteiger partial charge is 0.241 e. The second-order valence-electron chi connectivity index (χ2n) is 5.70. The van der Waals surface area contributed by atoms with E-state index in [1.807, 2.05) is 32.9 Å². The van der Waals surface area contributed by atoms with Gasteiger partial charge in [-0.1, -0.05) is 24.1 Å². The number of piperidine rings is 1. The Bertz CT molecular complexity index is 472. The lowest BCUT2D eigenvalue weighted by Gasteiger charge is -2.31. The first-order valence-electron chi connectivity index (χ1n) is 7.30. The molecule has 4 heteroatoms. The summed E-state index contributed by atoms with van der Waals surface area (Å²) in [5.41, 5.74) is 2.86. The van der Waals surface area contributed by atoms with Gasteiger partial charge in [-0.2, -0.15) is 0 Å². The number of aryl methyl sites for hydroxylation is 2. The van der Waals surface area contributed by atoms with E-state index in [1.54, 1.807) is 0 Å². The van der Waals surface area contributed by atoms with Gasteiger partial charge in [0, 0.05) is 0 Å². The summed E-state index contributed by atoms with van der Waals surface area (Å²) in [6.07, 6.45) is 3.64. The van der Waals surface area contributed by atoms with Gasteiger partial charge in [-0.15, -0.1) is 0 Å². The fraction of sp³-hybridized carbons (Fsp3) is 0.562. The quantitative estimate of drug-likeness (QED) is 0.920. The Balaban J connectivity index is 2.07. The van der Waals surface area contributed by atoms with Crippen LogP contribution < -0.4 is 5.32 Å². The first kappa shape index (κ1) is 15.3. The SMILES string of the molecule is Cc1cc(C)c(NC(=O)C(C)N2CCCCC2)c(Cl)c1. The molecular weight excluding hydrogens is 272 g/mol. The predicted molar refractivity (Wildman–Crippen MR) is 84.4 cm³/mol. The summed E-state index contributed by atoms with van der Waals surface area (Å²) in [5.74, 6) is 0.0285. The summed E-state index contributed by atoms with van der Waals surface area (Å²) in [6, 6.07) is 3.81. The van der Waals surface area contributed by atoms with Crippen LogP contribution in [0.5, 0.6) is 0 Å². The number of hydrogen-bond donors (Lipinski definition) is 1. The van der Waals surface area contributed by atoms with E-state index in [-0.39, 0.29) is 11.9 Å². The van der Waals surface area contributed by atoms with Crippen LogP contribution in [-0.4, -0.2) is 29.9 Å². The number of hydrogen-bond acceptors (Lipinski definition) is 2. The molecule has 1 amide bonds. The van der Waals surface area contributed by atoms with Gasteiger partial charge in [0.1, 0.15) is 0 Å². The molecule has 1 unspecified atom stereocenters. The summed E-state index contributed by atoms with van der Waals surface area (Å²) in [4.78, 5) is 14.6. The van der Waals surface area contributed by atoms with Crippen LogP contribution in [-0.2, 0) is 4.79 Å². The Morgan fingerprint density at radius 1 is 1.25 bits per heavy atom. The van der Waals surface area contributed by atoms with Crippen molar-refractivity contribution in [3.05, 3.63) is 28.3 Å². The monoisotopic (exact) mass is 294 g/mol.